The summed E-state index contributed by atoms with van der Waals surface area (Å²) in [6, 6.07) is 6.75. The third kappa shape index (κ3) is 3.95. The molecule has 2 heterocycles. The molecule has 1 aromatic rings. The first-order valence-corrected chi connectivity index (χ1v) is 11.2. The second kappa shape index (κ2) is 8.81. The Morgan fingerprint density at radius 3 is 2.71 bits per heavy atom. The Morgan fingerprint density at radius 1 is 1.16 bits per heavy atom. The van der Waals surface area contributed by atoms with Crippen molar-refractivity contribution in [3.05, 3.63) is 60.2 Å². The lowest BCUT2D eigenvalue weighted by atomic mass is 9.64. The Kier molecular flexibility index (Phi) is 6.29. The van der Waals surface area contributed by atoms with Crippen LogP contribution in [0.3, 0.4) is 0 Å². The van der Waals surface area contributed by atoms with Crippen molar-refractivity contribution in [3.63, 3.8) is 0 Å². The van der Waals surface area contributed by atoms with Crippen molar-refractivity contribution >= 4 is 0 Å². The van der Waals surface area contributed by atoms with E-state index in [9.17, 15) is 0 Å². The molecule has 4 atom stereocenters. The number of allylic oxidation sites excluding steroid dienone is 3. The maximum Gasteiger partial charge on any atom is 0.170 e. The van der Waals surface area contributed by atoms with Gasteiger partial charge in [0.05, 0.1) is 20.8 Å². The van der Waals surface area contributed by atoms with Crippen LogP contribution in [0.25, 0.3) is 0 Å². The summed E-state index contributed by atoms with van der Waals surface area (Å²) in [7, 11) is 5.60. The number of fused-ring (bicyclic) bond motifs is 1. The summed E-state index contributed by atoms with van der Waals surface area (Å²) in [5.41, 5.74) is 2.36. The van der Waals surface area contributed by atoms with Crippen molar-refractivity contribution in [3.8, 4) is 11.5 Å². The SMILES string of the molecule is C=C(/C=C\C=C/C)[C@H]1COC2(CC[C@@]3(c4ccc(OC)c(OC)c4)CCN(C)[C@H]3C2)O1. The van der Waals surface area contributed by atoms with Crippen LogP contribution in [-0.4, -0.2) is 57.3 Å². The number of hydrogen-bond acceptors (Lipinski definition) is 5. The zero-order valence-electron chi connectivity index (χ0n) is 19.2. The van der Waals surface area contributed by atoms with Gasteiger partial charge in [-0.1, -0.05) is 36.9 Å². The molecule has 3 fully saturated rings. The number of likely N-dealkylation sites (N-methyl/N-ethyl adjacent to an activating group) is 1. The average Bonchev–Trinajstić information content (AvgIpc) is 3.36. The second-order valence-electron chi connectivity index (χ2n) is 8.96. The summed E-state index contributed by atoms with van der Waals surface area (Å²) < 4.78 is 23.9. The first-order chi connectivity index (χ1) is 15.0. The van der Waals surface area contributed by atoms with Crippen LogP contribution in [0.1, 0.15) is 38.2 Å². The van der Waals surface area contributed by atoms with Crippen LogP contribution in [0, 0.1) is 0 Å². The van der Waals surface area contributed by atoms with Crippen molar-refractivity contribution in [1.29, 1.82) is 0 Å². The molecular formula is C26H35NO4. The number of methoxy groups -OCH3 is 2. The Morgan fingerprint density at radius 2 is 1.97 bits per heavy atom. The summed E-state index contributed by atoms with van der Waals surface area (Å²) in [6.45, 7) is 7.84. The molecule has 0 aromatic heterocycles. The van der Waals surface area contributed by atoms with Crippen molar-refractivity contribution in [2.24, 2.45) is 0 Å². The first-order valence-electron chi connectivity index (χ1n) is 11.2. The van der Waals surface area contributed by atoms with Gasteiger partial charge in [-0.3, -0.25) is 0 Å². The molecule has 168 valence electrons. The molecule has 1 saturated carbocycles. The highest BCUT2D eigenvalue weighted by molar-refractivity contribution is 5.46. The molecule has 31 heavy (non-hydrogen) atoms. The Balaban J connectivity index is 1.56. The largest absolute Gasteiger partial charge is 0.493 e. The van der Waals surface area contributed by atoms with Gasteiger partial charge in [-0.15, -0.1) is 0 Å². The number of likely N-dealkylation sites (tertiary alicyclic amines) is 1. The van der Waals surface area contributed by atoms with E-state index < -0.39 is 5.79 Å². The van der Waals surface area contributed by atoms with E-state index in [-0.39, 0.29) is 11.5 Å². The zero-order valence-corrected chi connectivity index (χ0v) is 19.2. The second-order valence-corrected chi connectivity index (χ2v) is 8.96. The molecule has 1 aliphatic carbocycles. The van der Waals surface area contributed by atoms with Crippen molar-refractivity contribution in [2.45, 2.75) is 56.0 Å². The predicted octanol–water partition coefficient (Wildman–Crippen LogP) is 4.63. The average molecular weight is 426 g/mol. The van der Waals surface area contributed by atoms with Gasteiger partial charge in [-0.2, -0.15) is 0 Å². The van der Waals surface area contributed by atoms with E-state index in [1.165, 1.54) is 5.56 Å². The van der Waals surface area contributed by atoms with Gasteiger partial charge in [0.15, 0.2) is 17.3 Å². The fourth-order valence-electron chi connectivity index (χ4n) is 5.57. The van der Waals surface area contributed by atoms with Gasteiger partial charge in [0, 0.05) is 24.3 Å². The van der Waals surface area contributed by atoms with Crippen molar-refractivity contribution < 1.29 is 18.9 Å². The normalized spacial score (nSPS) is 33.4. The standard InChI is InChI=1S/C26H35NO4/c1-6-7-8-9-19(2)23-18-30-26(31-23)13-12-25(14-15-27(3)24(25)17-26)20-10-11-21(28-4)22(16-20)29-5/h6-11,16,23-24H,2,12-15,17-18H2,1,3-5H3/b7-6-,9-8-/t23-,24+,25+,26?/m1/s1. The highest BCUT2D eigenvalue weighted by Gasteiger charge is 2.57. The van der Waals surface area contributed by atoms with E-state index in [1.807, 2.05) is 37.3 Å². The van der Waals surface area contributed by atoms with E-state index in [2.05, 4.69) is 30.7 Å². The number of hydrogen-bond donors (Lipinski definition) is 0. The van der Waals surface area contributed by atoms with E-state index in [0.29, 0.717) is 12.6 Å². The van der Waals surface area contributed by atoms with Crippen LogP contribution in [0.5, 0.6) is 11.5 Å². The molecule has 1 spiro atoms. The molecular weight excluding hydrogens is 390 g/mol. The van der Waals surface area contributed by atoms with Crippen LogP contribution in [-0.2, 0) is 14.9 Å². The van der Waals surface area contributed by atoms with Gasteiger partial charge in [0.1, 0.15) is 6.10 Å². The summed E-state index contributed by atoms with van der Waals surface area (Å²) in [4.78, 5) is 2.47. The minimum absolute atomic E-state index is 0.0766. The zero-order chi connectivity index (χ0) is 22.1. The molecule has 2 saturated heterocycles. The fraction of sp³-hybridized carbons (Fsp3) is 0.538. The molecule has 5 nitrogen and oxygen atoms in total. The van der Waals surface area contributed by atoms with Crippen molar-refractivity contribution in [1.82, 2.24) is 4.90 Å². The molecule has 1 unspecified atom stereocenters. The van der Waals surface area contributed by atoms with Crippen LogP contribution < -0.4 is 9.47 Å². The molecule has 5 heteroatoms. The number of rotatable bonds is 6. The third-order valence-electron chi connectivity index (χ3n) is 7.38. The van der Waals surface area contributed by atoms with Gasteiger partial charge in [-0.25, -0.2) is 0 Å². The number of ether oxygens (including phenoxy) is 4. The number of nitrogens with zero attached hydrogens (tertiary/aromatic N) is 1. The molecule has 2 aliphatic heterocycles. The lowest BCUT2D eigenvalue weighted by Crippen LogP contribution is -2.53. The van der Waals surface area contributed by atoms with Gasteiger partial charge in [-0.05, 0) is 56.6 Å². The lowest BCUT2D eigenvalue weighted by Gasteiger charge is -2.48. The maximum atomic E-state index is 6.53. The molecule has 0 amide bonds. The molecule has 3 aliphatic rings. The Bertz CT molecular complexity index is 878. The van der Waals surface area contributed by atoms with Gasteiger partial charge in [0.25, 0.3) is 0 Å². The summed E-state index contributed by atoms with van der Waals surface area (Å²) in [5, 5.41) is 0. The molecule has 4 rings (SSSR count). The van der Waals surface area contributed by atoms with E-state index in [0.717, 1.165) is 49.3 Å². The molecule has 1 aromatic carbocycles. The topological polar surface area (TPSA) is 40.2 Å². The lowest BCUT2D eigenvalue weighted by molar-refractivity contribution is -0.200. The fourth-order valence-corrected chi connectivity index (χ4v) is 5.57. The predicted molar refractivity (Wildman–Crippen MR) is 123 cm³/mol. The maximum absolute atomic E-state index is 6.53. The first kappa shape index (κ1) is 22.1. The van der Waals surface area contributed by atoms with Crippen LogP contribution in [0.2, 0.25) is 0 Å². The smallest absolute Gasteiger partial charge is 0.170 e. The summed E-state index contributed by atoms with van der Waals surface area (Å²) in [6.07, 6.45) is 11.8. The third-order valence-corrected chi connectivity index (χ3v) is 7.38. The van der Waals surface area contributed by atoms with Crippen LogP contribution in [0.4, 0.5) is 0 Å². The Labute approximate surface area is 186 Å². The molecule has 0 bridgehead atoms. The minimum atomic E-state index is -0.522. The van der Waals surface area contributed by atoms with Gasteiger partial charge < -0.3 is 23.8 Å². The summed E-state index contributed by atoms with van der Waals surface area (Å²) in [5.74, 6) is 1.04. The Hall–Kier alpha value is -2.08. The van der Waals surface area contributed by atoms with Crippen LogP contribution >= 0.6 is 0 Å². The van der Waals surface area contributed by atoms with E-state index >= 15 is 0 Å². The van der Waals surface area contributed by atoms with E-state index in [1.54, 1.807) is 14.2 Å². The quantitative estimate of drug-likeness (QED) is 0.622. The highest BCUT2D eigenvalue weighted by atomic mass is 16.7. The van der Waals surface area contributed by atoms with Gasteiger partial charge >= 0.3 is 0 Å². The summed E-state index contributed by atoms with van der Waals surface area (Å²) >= 11 is 0. The molecule has 0 N–H and O–H groups in total. The van der Waals surface area contributed by atoms with Gasteiger partial charge in [0.2, 0.25) is 0 Å². The monoisotopic (exact) mass is 425 g/mol. The van der Waals surface area contributed by atoms with E-state index in [4.69, 9.17) is 18.9 Å². The highest BCUT2D eigenvalue weighted by Crippen LogP contribution is 2.54. The number of benzene rings is 1. The molecule has 0 radical (unpaired) electrons. The minimum Gasteiger partial charge on any atom is -0.493 e. The van der Waals surface area contributed by atoms with Crippen molar-refractivity contribution in [2.75, 3.05) is 34.4 Å². The van der Waals surface area contributed by atoms with Crippen LogP contribution in [0.15, 0.2) is 54.7 Å².